The van der Waals surface area contributed by atoms with Gasteiger partial charge in [0.05, 0.1) is 17.9 Å². The number of anilines is 2. The van der Waals surface area contributed by atoms with Crippen LogP contribution in [0.4, 0.5) is 24.0 Å². The number of aromatic nitrogens is 2. The predicted octanol–water partition coefficient (Wildman–Crippen LogP) is 5.45. The summed E-state index contributed by atoms with van der Waals surface area (Å²) >= 11 is 1.35. The number of hydrogen-bond acceptors (Lipinski definition) is 6. The lowest BCUT2D eigenvalue weighted by atomic mass is 9.89. The van der Waals surface area contributed by atoms with Gasteiger partial charge in [0, 0.05) is 17.4 Å². The second kappa shape index (κ2) is 7.95. The fourth-order valence-corrected chi connectivity index (χ4v) is 5.84. The fourth-order valence-electron chi connectivity index (χ4n) is 4.48. The van der Waals surface area contributed by atoms with Crippen molar-refractivity contribution in [3.63, 3.8) is 0 Å². The first-order valence-electron chi connectivity index (χ1n) is 10.6. The van der Waals surface area contributed by atoms with Crippen molar-refractivity contribution in [1.82, 2.24) is 9.78 Å². The van der Waals surface area contributed by atoms with E-state index in [0.29, 0.717) is 22.2 Å². The Morgan fingerprint density at radius 1 is 1.45 bits per heavy atom. The predicted molar refractivity (Wildman–Crippen MR) is 115 cm³/mol. The number of hydrogen-bond donors (Lipinski definition) is 2. The maximum absolute atomic E-state index is 13.8. The van der Waals surface area contributed by atoms with E-state index in [1.54, 1.807) is 12.1 Å². The van der Waals surface area contributed by atoms with Crippen LogP contribution in [0, 0.1) is 17.2 Å². The molecule has 2 aliphatic rings. The summed E-state index contributed by atoms with van der Waals surface area (Å²) in [6.07, 6.45) is -0.885. The zero-order valence-corrected chi connectivity index (χ0v) is 18.4. The molecule has 0 radical (unpaired) electrons. The van der Waals surface area contributed by atoms with Crippen molar-refractivity contribution in [2.75, 3.05) is 10.6 Å². The van der Waals surface area contributed by atoms with Crippen molar-refractivity contribution in [2.24, 2.45) is 5.92 Å². The number of nitrogens with zero attached hydrogens (tertiary/aromatic N) is 3. The first kappa shape index (κ1) is 21.6. The summed E-state index contributed by atoms with van der Waals surface area (Å²) in [7, 11) is 0. The largest absolute Gasteiger partial charge is 0.467 e. The Bertz CT molecular complexity index is 1240. The van der Waals surface area contributed by atoms with Gasteiger partial charge in [-0.1, -0.05) is 6.92 Å². The van der Waals surface area contributed by atoms with Crippen LogP contribution < -0.4 is 10.6 Å². The maximum Gasteiger partial charge on any atom is 0.410 e. The minimum Gasteiger partial charge on any atom is -0.467 e. The number of furan rings is 1. The molecule has 0 spiro atoms. The molecule has 4 heterocycles. The number of fused-ring (bicyclic) bond motifs is 2. The number of carbonyl (C=O) groups is 1. The normalized spacial score (nSPS) is 22.1. The first-order valence-corrected chi connectivity index (χ1v) is 11.4. The average molecular weight is 475 g/mol. The monoisotopic (exact) mass is 475 g/mol. The lowest BCUT2D eigenvalue weighted by Gasteiger charge is -2.32. The summed E-state index contributed by atoms with van der Waals surface area (Å²) in [5, 5.41) is 19.7. The Morgan fingerprint density at radius 2 is 2.27 bits per heavy atom. The molecular formula is C22H20F3N5O2S. The van der Waals surface area contributed by atoms with Crippen LogP contribution in [0.2, 0.25) is 0 Å². The molecule has 3 aromatic heterocycles. The second-order valence-corrected chi connectivity index (χ2v) is 9.59. The molecule has 33 heavy (non-hydrogen) atoms. The zero-order chi connectivity index (χ0) is 23.3. The van der Waals surface area contributed by atoms with E-state index in [9.17, 15) is 23.2 Å². The first-order chi connectivity index (χ1) is 15.7. The van der Waals surface area contributed by atoms with Crippen molar-refractivity contribution in [1.29, 1.82) is 5.26 Å². The van der Waals surface area contributed by atoms with E-state index in [1.807, 2.05) is 0 Å². The van der Waals surface area contributed by atoms with E-state index in [2.05, 4.69) is 28.7 Å². The van der Waals surface area contributed by atoms with Crippen molar-refractivity contribution in [2.45, 2.75) is 50.9 Å². The van der Waals surface area contributed by atoms with Crippen LogP contribution in [0.15, 0.2) is 28.9 Å². The number of carbonyl (C=O) groups excluding carboxylic acids is 1. The van der Waals surface area contributed by atoms with E-state index in [1.165, 1.54) is 23.7 Å². The quantitative estimate of drug-likeness (QED) is 0.525. The molecule has 2 N–H and O–H groups in total. The molecule has 7 nitrogen and oxygen atoms in total. The molecule has 0 fully saturated rings. The van der Waals surface area contributed by atoms with Crippen molar-refractivity contribution < 1.29 is 22.4 Å². The van der Waals surface area contributed by atoms with E-state index in [0.717, 1.165) is 34.4 Å². The van der Waals surface area contributed by atoms with Gasteiger partial charge in [0.15, 0.2) is 11.7 Å². The molecule has 3 aromatic rings. The summed E-state index contributed by atoms with van der Waals surface area (Å²) in [4.78, 5) is 14.0. The van der Waals surface area contributed by atoms with Crippen LogP contribution in [-0.2, 0) is 12.8 Å². The lowest BCUT2D eigenvalue weighted by Crippen LogP contribution is -2.35. The highest BCUT2D eigenvalue weighted by Crippen LogP contribution is 2.44. The van der Waals surface area contributed by atoms with Crippen LogP contribution in [0.1, 0.15) is 64.1 Å². The molecule has 0 bridgehead atoms. The van der Waals surface area contributed by atoms with Gasteiger partial charge in [0.2, 0.25) is 0 Å². The number of thiophene rings is 1. The number of nitriles is 1. The van der Waals surface area contributed by atoms with Crippen LogP contribution >= 0.6 is 11.3 Å². The molecular weight excluding hydrogens is 455 g/mol. The van der Waals surface area contributed by atoms with Crippen LogP contribution in [0.5, 0.6) is 0 Å². The van der Waals surface area contributed by atoms with Gasteiger partial charge in [-0.15, -0.1) is 11.3 Å². The maximum atomic E-state index is 13.8. The van der Waals surface area contributed by atoms with Gasteiger partial charge in [-0.25, -0.2) is 4.68 Å². The van der Waals surface area contributed by atoms with Gasteiger partial charge < -0.3 is 15.1 Å². The summed E-state index contributed by atoms with van der Waals surface area (Å²) < 4.78 is 47.5. The Balaban J connectivity index is 1.44. The SMILES string of the molecule is C[C@@H]1CCc2c(sc(NC(=O)c3cc4n(n3)[C@H](C(F)(F)F)C[C@H](c3ccco3)N4)c2C#N)C1. The summed E-state index contributed by atoms with van der Waals surface area (Å²) in [5.41, 5.74) is 1.24. The standard InChI is InChI=1S/C22H20F3N5O2S/c1-11-4-5-12-13(10-26)21(33-17(12)7-11)28-20(31)15-9-19-27-14(16-3-2-6-32-16)8-18(22(23,24)25)30(19)29-15/h2-3,6,9,11,14,18,27H,4-5,7-8H2,1H3,(H,28,31)/t11-,14-,18+/m1/s1. The van der Waals surface area contributed by atoms with E-state index in [-0.39, 0.29) is 17.9 Å². The number of amides is 1. The lowest BCUT2D eigenvalue weighted by molar-refractivity contribution is -0.174. The number of alkyl halides is 3. The molecule has 5 rings (SSSR count). The Labute approximate surface area is 191 Å². The Kier molecular flexibility index (Phi) is 5.20. The molecule has 172 valence electrons. The highest BCUT2D eigenvalue weighted by atomic mass is 32.1. The zero-order valence-electron chi connectivity index (χ0n) is 17.6. The highest BCUT2D eigenvalue weighted by molar-refractivity contribution is 7.16. The van der Waals surface area contributed by atoms with E-state index < -0.39 is 24.2 Å². The molecule has 1 aliphatic carbocycles. The smallest absolute Gasteiger partial charge is 0.410 e. The van der Waals surface area contributed by atoms with E-state index in [4.69, 9.17) is 4.42 Å². The third kappa shape index (κ3) is 3.88. The summed E-state index contributed by atoms with van der Waals surface area (Å²) in [6, 6.07) is 4.07. The molecule has 1 amide bonds. The highest BCUT2D eigenvalue weighted by Gasteiger charge is 2.47. The van der Waals surface area contributed by atoms with Crippen LogP contribution in [0.25, 0.3) is 0 Å². The molecule has 0 unspecified atom stereocenters. The topological polar surface area (TPSA) is 95.9 Å². The number of halogens is 3. The van der Waals surface area contributed by atoms with E-state index >= 15 is 0 Å². The van der Waals surface area contributed by atoms with Gasteiger partial charge in [0.1, 0.15) is 22.6 Å². The Hall–Kier alpha value is -3.26. The minimum absolute atomic E-state index is 0.0786. The van der Waals surface area contributed by atoms with Gasteiger partial charge in [0.25, 0.3) is 5.91 Å². The molecule has 0 saturated carbocycles. The van der Waals surface area contributed by atoms with Crippen molar-refractivity contribution in [3.8, 4) is 6.07 Å². The van der Waals surface area contributed by atoms with Gasteiger partial charge >= 0.3 is 6.18 Å². The van der Waals surface area contributed by atoms with Crippen molar-refractivity contribution >= 4 is 28.1 Å². The van der Waals surface area contributed by atoms with Crippen molar-refractivity contribution in [3.05, 3.63) is 51.9 Å². The number of nitrogens with one attached hydrogen (secondary N) is 2. The fraction of sp³-hybridized carbons (Fsp3) is 0.409. The van der Waals surface area contributed by atoms with Crippen LogP contribution in [0.3, 0.4) is 0 Å². The average Bonchev–Trinajstić information content (AvgIpc) is 3.49. The van der Waals surface area contributed by atoms with Gasteiger partial charge in [-0.2, -0.15) is 23.5 Å². The Morgan fingerprint density at radius 3 is 2.97 bits per heavy atom. The van der Waals surface area contributed by atoms with Crippen LogP contribution in [-0.4, -0.2) is 21.9 Å². The molecule has 11 heteroatoms. The van der Waals surface area contributed by atoms with Gasteiger partial charge in [-0.3, -0.25) is 4.79 Å². The number of rotatable bonds is 3. The second-order valence-electron chi connectivity index (χ2n) is 8.49. The third-order valence-corrected chi connectivity index (χ3v) is 7.33. The molecule has 3 atom stereocenters. The molecule has 0 aromatic carbocycles. The molecule has 0 saturated heterocycles. The molecule has 1 aliphatic heterocycles. The summed E-state index contributed by atoms with van der Waals surface area (Å²) in [6.45, 7) is 2.14. The minimum atomic E-state index is -4.56. The van der Waals surface area contributed by atoms with Gasteiger partial charge in [-0.05, 0) is 42.9 Å². The summed E-state index contributed by atoms with van der Waals surface area (Å²) in [5.74, 6) is 0.297. The third-order valence-electron chi connectivity index (χ3n) is 6.16.